The van der Waals surface area contributed by atoms with Gasteiger partial charge in [0.15, 0.2) is 5.96 Å². The Morgan fingerprint density at radius 1 is 1.11 bits per heavy atom. The number of aliphatic imine (C=N–C) groups is 1. The molecule has 0 unspecified atom stereocenters. The third kappa shape index (κ3) is 6.37. The first-order valence-corrected chi connectivity index (χ1v) is 10.2. The first-order valence-electron chi connectivity index (χ1n) is 10.2. The van der Waals surface area contributed by atoms with Crippen molar-refractivity contribution in [3.05, 3.63) is 42.0 Å². The molecule has 3 rings (SSSR count). The van der Waals surface area contributed by atoms with Gasteiger partial charge in [-0.15, -0.1) is 24.0 Å². The van der Waals surface area contributed by atoms with Crippen molar-refractivity contribution in [1.29, 1.82) is 0 Å². The van der Waals surface area contributed by atoms with Gasteiger partial charge in [0.1, 0.15) is 0 Å². The summed E-state index contributed by atoms with van der Waals surface area (Å²) in [5, 5.41) is 7.01. The molecule has 0 atom stereocenters. The van der Waals surface area contributed by atoms with Crippen molar-refractivity contribution >= 4 is 35.6 Å². The molecule has 0 spiro atoms. The number of ether oxygens (including phenoxy) is 1. The molecule has 6 heteroatoms. The third-order valence-corrected chi connectivity index (χ3v) is 5.93. The highest BCUT2D eigenvalue weighted by atomic mass is 127. The Morgan fingerprint density at radius 3 is 2.39 bits per heavy atom. The summed E-state index contributed by atoms with van der Waals surface area (Å²) in [6.07, 6.45) is 10.8. The molecule has 1 fully saturated rings. The van der Waals surface area contributed by atoms with Crippen LogP contribution < -0.4 is 15.5 Å². The van der Waals surface area contributed by atoms with E-state index in [-0.39, 0.29) is 24.0 Å². The molecule has 1 heterocycles. The van der Waals surface area contributed by atoms with Gasteiger partial charge in [0.05, 0.1) is 0 Å². The van der Waals surface area contributed by atoms with Crippen molar-refractivity contribution < 1.29 is 4.74 Å². The van der Waals surface area contributed by atoms with Gasteiger partial charge in [-0.25, -0.2) is 0 Å². The lowest BCUT2D eigenvalue weighted by molar-refractivity contribution is 0.138. The van der Waals surface area contributed by atoms with Gasteiger partial charge in [0.25, 0.3) is 0 Å². The Kier molecular flexibility index (Phi) is 9.58. The topological polar surface area (TPSA) is 48.9 Å². The van der Waals surface area contributed by atoms with E-state index in [1.54, 1.807) is 7.11 Å². The van der Waals surface area contributed by atoms with Gasteiger partial charge in [-0.2, -0.15) is 0 Å². The highest BCUT2D eigenvalue weighted by Crippen LogP contribution is 2.40. The molecular weight excluding hydrogens is 463 g/mol. The van der Waals surface area contributed by atoms with E-state index in [2.05, 4.69) is 56.9 Å². The van der Waals surface area contributed by atoms with Crippen LogP contribution in [0, 0.1) is 5.41 Å². The van der Waals surface area contributed by atoms with Crippen molar-refractivity contribution in [1.82, 2.24) is 10.6 Å². The summed E-state index contributed by atoms with van der Waals surface area (Å²) >= 11 is 0. The van der Waals surface area contributed by atoms with Crippen LogP contribution in [0.5, 0.6) is 0 Å². The zero-order chi connectivity index (χ0) is 19.0. The lowest BCUT2D eigenvalue weighted by atomic mass is 9.83. The highest BCUT2D eigenvalue weighted by molar-refractivity contribution is 14.0. The summed E-state index contributed by atoms with van der Waals surface area (Å²) in [5.41, 5.74) is 2.91. The monoisotopic (exact) mass is 498 g/mol. The van der Waals surface area contributed by atoms with Crippen molar-refractivity contribution in [2.24, 2.45) is 10.4 Å². The van der Waals surface area contributed by atoms with Crippen molar-refractivity contribution in [3.63, 3.8) is 0 Å². The first-order chi connectivity index (χ1) is 13.2. The SMILES string of the molecule is CN=C(NCc1ccc(N2CC=CC2)cc1)NCC1(CCOC)CCCC1.I. The van der Waals surface area contributed by atoms with Gasteiger partial charge < -0.3 is 20.3 Å². The number of methoxy groups -OCH3 is 1. The van der Waals surface area contributed by atoms with Gasteiger partial charge in [-0.05, 0) is 42.4 Å². The van der Waals surface area contributed by atoms with Crippen molar-refractivity contribution in [2.45, 2.75) is 38.6 Å². The second kappa shape index (κ2) is 11.7. The van der Waals surface area contributed by atoms with Crippen LogP contribution in [0.2, 0.25) is 0 Å². The maximum Gasteiger partial charge on any atom is 0.191 e. The van der Waals surface area contributed by atoms with Gasteiger partial charge in [0.2, 0.25) is 0 Å². The maximum absolute atomic E-state index is 5.33. The Bertz CT molecular complexity index is 630. The molecule has 0 radical (unpaired) electrons. The number of hydrogen-bond donors (Lipinski definition) is 2. The minimum Gasteiger partial charge on any atom is -0.385 e. The Morgan fingerprint density at radius 2 is 1.79 bits per heavy atom. The van der Waals surface area contributed by atoms with Crippen molar-refractivity contribution in [2.75, 3.05) is 45.3 Å². The molecule has 1 aliphatic heterocycles. The molecule has 0 saturated heterocycles. The number of nitrogens with one attached hydrogen (secondary N) is 2. The molecule has 28 heavy (non-hydrogen) atoms. The van der Waals surface area contributed by atoms with Crippen LogP contribution in [0.1, 0.15) is 37.7 Å². The van der Waals surface area contributed by atoms with Crippen LogP contribution in [0.4, 0.5) is 5.69 Å². The molecule has 2 N–H and O–H groups in total. The van der Waals surface area contributed by atoms with Gasteiger partial charge >= 0.3 is 0 Å². The molecule has 1 aliphatic carbocycles. The summed E-state index contributed by atoms with van der Waals surface area (Å²) in [5.74, 6) is 0.881. The van der Waals surface area contributed by atoms with E-state index in [4.69, 9.17) is 4.74 Å². The molecular formula is C22H35IN4O. The number of rotatable bonds is 8. The second-order valence-electron chi connectivity index (χ2n) is 7.77. The van der Waals surface area contributed by atoms with Crippen LogP contribution in [0.3, 0.4) is 0 Å². The van der Waals surface area contributed by atoms with Crippen LogP contribution in [-0.4, -0.2) is 46.4 Å². The number of anilines is 1. The maximum atomic E-state index is 5.33. The molecule has 1 saturated carbocycles. The third-order valence-electron chi connectivity index (χ3n) is 5.93. The van der Waals surface area contributed by atoms with Crippen LogP contribution in [-0.2, 0) is 11.3 Å². The Balaban J connectivity index is 0.00000280. The average Bonchev–Trinajstić information content (AvgIpc) is 3.40. The lowest BCUT2D eigenvalue weighted by Crippen LogP contribution is -2.43. The van der Waals surface area contributed by atoms with E-state index in [0.29, 0.717) is 5.41 Å². The normalized spacial score (nSPS) is 18.2. The van der Waals surface area contributed by atoms with E-state index in [1.807, 2.05) is 7.05 Å². The lowest BCUT2D eigenvalue weighted by Gasteiger charge is -2.30. The summed E-state index contributed by atoms with van der Waals surface area (Å²) in [6, 6.07) is 8.81. The van der Waals surface area contributed by atoms with Crippen molar-refractivity contribution in [3.8, 4) is 0 Å². The fourth-order valence-corrected chi connectivity index (χ4v) is 4.15. The molecule has 0 bridgehead atoms. The quantitative estimate of drug-likeness (QED) is 0.247. The summed E-state index contributed by atoms with van der Waals surface area (Å²) in [4.78, 5) is 6.76. The zero-order valence-corrected chi connectivity index (χ0v) is 19.6. The predicted molar refractivity (Wildman–Crippen MR) is 129 cm³/mol. The summed E-state index contributed by atoms with van der Waals surface area (Å²) in [7, 11) is 3.64. The Hall–Kier alpha value is -1.28. The number of nitrogens with zero attached hydrogens (tertiary/aromatic N) is 2. The molecule has 5 nitrogen and oxygen atoms in total. The molecule has 0 amide bonds. The zero-order valence-electron chi connectivity index (χ0n) is 17.2. The number of benzene rings is 1. The predicted octanol–water partition coefficient (Wildman–Crippen LogP) is 3.94. The van der Waals surface area contributed by atoms with Crippen LogP contribution in [0.25, 0.3) is 0 Å². The fraction of sp³-hybridized carbons (Fsp3) is 0.591. The van der Waals surface area contributed by atoms with Gasteiger partial charge in [-0.1, -0.05) is 37.1 Å². The number of halogens is 1. The second-order valence-corrected chi connectivity index (χ2v) is 7.77. The van der Waals surface area contributed by atoms with E-state index in [1.165, 1.54) is 36.9 Å². The summed E-state index contributed by atoms with van der Waals surface area (Å²) in [6.45, 7) is 4.62. The molecule has 2 aliphatic rings. The number of guanidine groups is 1. The minimum atomic E-state index is 0. The van der Waals surface area contributed by atoms with E-state index < -0.39 is 0 Å². The van der Waals surface area contributed by atoms with E-state index >= 15 is 0 Å². The first kappa shape index (κ1) is 23.0. The standard InChI is InChI=1S/C22H34N4O.HI/c1-23-21(25-18-22(13-16-27-2)11-3-4-12-22)24-17-19-7-9-20(10-8-19)26-14-5-6-15-26;/h5-10H,3-4,11-18H2,1-2H3,(H2,23,24,25);1H. The van der Waals surface area contributed by atoms with Crippen LogP contribution in [0.15, 0.2) is 41.4 Å². The molecule has 1 aromatic rings. The fourth-order valence-electron chi connectivity index (χ4n) is 4.15. The number of hydrogen-bond acceptors (Lipinski definition) is 3. The van der Waals surface area contributed by atoms with E-state index in [0.717, 1.165) is 45.2 Å². The van der Waals surface area contributed by atoms with E-state index in [9.17, 15) is 0 Å². The summed E-state index contributed by atoms with van der Waals surface area (Å²) < 4.78 is 5.33. The minimum absolute atomic E-state index is 0. The molecule has 156 valence electrons. The largest absolute Gasteiger partial charge is 0.385 e. The smallest absolute Gasteiger partial charge is 0.191 e. The Labute approximate surface area is 187 Å². The molecule has 0 aromatic heterocycles. The molecule has 1 aromatic carbocycles. The van der Waals surface area contributed by atoms with Gasteiger partial charge in [-0.3, -0.25) is 4.99 Å². The highest BCUT2D eigenvalue weighted by Gasteiger charge is 2.33. The average molecular weight is 498 g/mol. The van der Waals surface area contributed by atoms with Gasteiger partial charge in [0, 0.05) is 52.6 Å². The van der Waals surface area contributed by atoms with Crippen LogP contribution >= 0.6 is 24.0 Å².